The molecular weight excluding hydrogens is 151 g/mol. The summed E-state index contributed by atoms with van der Waals surface area (Å²) in [6.07, 6.45) is 0. The molecular formula is C7H4FO3-. The molecule has 1 N–H and O–H groups in total. The largest absolute Gasteiger partial charge is 0.872 e. The molecule has 3 nitrogen and oxygen atoms in total. The van der Waals surface area contributed by atoms with Gasteiger partial charge in [-0.2, -0.15) is 0 Å². The Morgan fingerprint density at radius 1 is 1.45 bits per heavy atom. The average molecular weight is 155 g/mol. The molecule has 0 unspecified atom stereocenters. The molecule has 11 heavy (non-hydrogen) atoms. The van der Waals surface area contributed by atoms with E-state index >= 15 is 0 Å². The molecule has 0 radical (unpaired) electrons. The standard InChI is InChI=1S/C7H5FO3/c8-5-1-4(7(10)11)2-6(9)3-5/h1-3,9H,(H,10,11)/p-1. The van der Waals surface area contributed by atoms with Gasteiger partial charge in [-0.25, -0.2) is 9.18 Å². The van der Waals surface area contributed by atoms with Crippen molar-refractivity contribution in [2.75, 3.05) is 0 Å². The summed E-state index contributed by atoms with van der Waals surface area (Å²) in [7, 11) is 0. The van der Waals surface area contributed by atoms with Crippen LogP contribution in [0.25, 0.3) is 0 Å². The average Bonchev–Trinajstić information content (AvgIpc) is 1.85. The van der Waals surface area contributed by atoms with Gasteiger partial charge in [0.25, 0.3) is 0 Å². The summed E-state index contributed by atoms with van der Waals surface area (Å²) in [4.78, 5) is 10.2. The van der Waals surface area contributed by atoms with Gasteiger partial charge >= 0.3 is 5.97 Å². The van der Waals surface area contributed by atoms with Crippen molar-refractivity contribution in [3.8, 4) is 5.75 Å². The predicted molar refractivity (Wildman–Crippen MR) is 32.8 cm³/mol. The van der Waals surface area contributed by atoms with E-state index in [-0.39, 0.29) is 5.56 Å². The molecule has 0 bridgehead atoms. The van der Waals surface area contributed by atoms with Crippen LogP contribution < -0.4 is 5.11 Å². The highest BCUT2D eigenvalue weighted by Crippen LogP contribution is 2.11. The fourth-order valence-corrected chi connectivity index (χ4v) is 0.686. The molecule has 0 amide bonds. The van der Waals surface area contributed by atoms with Crippen LogP contribution in [0, 0.1) is 5.82 Å². The maximum Gasteiger partial charge on any atom is 0.335 e. The van der Waals surface area contributed by atoms with Crippen molar-refractivity contribution in [2.24, 2.45) is 0 Å². The van der Waals surface area contributed by atoms with Gasteiger partial charge in [-0.3, -0.25) is 0 Å². The summed E-state index contributed by atoms with van der Waals surface area (Å²) >= 11 is 0. The zero-order valence-electron chi connectivity index (χ0n) is 5.37. The summed E-state index contributed by atoms with van der Waals surface area (Å²) < 4.78 is 12.3. The van der Waals surface area contributed by atoms with Crippen LogP contribution in [0.15, 0.2) is 18.2 Å². The van der Waals surface area contributed by atoms with E-state index < -0.39 is 17.5 Å². The predicted octanol–water partition coefficient (Wildman–Crippen LogP) is 0.597. The second kappa shape index (κ2) is 2.57. The van der Waals surface area contributed by atoms with Crippen LogP contribution in [0.5, 0.6) is 5.75 Å². The van der Waals surface area contributed by atoms with E-state index in [0.717, 1.165) is 18.2 Å². The third-order valence-electron chi connectivity index (χ3n) is 1.12. The molecule has 1 rings (SSSR count). The number of benzene rings is 1. The van der Waals surface area contributed by atoms with Gasteiger partial charge in [-0.05, 0) is 12.1 Å². The van der Waals surface area contributed by atoms with E-state index in [1.807, 2.05) is 0 Å². The Labute approximate surface area is 61.7 Å². The molecule has 0 fully saturated rings. The van der Waals surface area contributed by atoms with Crippen molar-refractivity contribution < 1.29 is 19.4 Å². The molecule has 1 aromatic rings. The van der Waals surface area contributed by atoms with Gasteiger partial charge in [0.2, 0.25) is 0 Å². The summed E-state index contributed by atoms with van der Waals surface area (Å²) in [6.45, 7) is 0. The van der Waals surface area contributed by atoms with E-state index in [1.165, 1.54) is 0 Å². The molecule has 0 aliphatic heterocycles. The van der Waals surface area contributed by atoms with Gasteiger partial charge < -0.3 is 10.2 Å². The lowest BCUT2D eigenvalue weighted by Gasteiger charge is -2.04. The highest BCUT2D eigenvalue weighted by atomic mass is 19.1. The summed E-state index contributed by atoms with van der Waals surface area (Å²) in [5.41, 5.74) is -0.324. The number of aromatic carboxylic acids is 1. The molecule has 1 aromatic carbocycles. The molecule has 0 spiro atoms. The van der Waals surface area contributed by atoms with Crippen LogP contribution in [0.4, 0.5) is 4.39 Å². The Hall–Kier alpha value is -1.58. The molecule has 0 aliphatic rings. The van der Waals surface area contributed by atoms with Gasteiger partial charge in [0.15, 0.2) is 0 Å². The lowest BCUT2D eigenvalue weighted by Crippen LogP contribution is -1.99. The van der Waals surface area contributed by atoms with Gasteiger partial charge in [0, 0.05) is 0 Å². The van der Waals surface area contributed by atoms with E-state index in [9.17, 15) is 14.3 Å². The van der Waals surface area contributed by atoms with E-state index in [4.69, 9.17) is 5.11 Å². The molecule has 58 valence electrons. The fourth-order valence-electron chi connectivity index (χ4n) is 0.686. The molecule has 0 atom stereocenters. The minimum atomic E-state index is -1.30. The Morgan fingerprint density at radius 3 is 2.55 bits per heavy atom. The first-order valence-corrected chi connectivity index (χ1v) is 2.80. The summed E-state index contributed by atoms with van der Waals surface area (Å²) in [6, 6.07) is 2.39. The number of rotatable bonds is 1. The molecule has 0 saturated heterocycles. The van der Waals surface area contributed by atoms with Crippen molar-refractivity contribution in [2.45, 2.75) is 0 Å². The molecule has 0 aliphatic carbocycles. The normalized spacial score (nSPS) is 9.55. The SMILES string of the molecule is O=C(O)c1cc([O-])cc(F)c1. The van der Waals surface area contributed by atoms with Crippen LogP contribution >= 0.6 is 0 Å². The van der Waals surface area contributed by atoms with E-state index in [0.29, 0.717) is 0 Å². The van der Waals surface area contributed by atoms with Crippen LogP contribution in [0.1, 0.15) is 10.4 Å². The monoisotopic (exact) mass is 155 g/mol. The van der Waals surface area contributed by atoms with Crippen molar-refractivity contribution in [1.29, 1.82) is 0 Å². The van der Waals surface area contributed by atoms with Crippen LogP contribution in [0.3, 0.4) is 0 Å². The van der Waals surface area contributed by atoms with Gasteiger partial charge in [-0.1, -0.05) is 6.07 Å². The van der Waals surface area contributed by atoms with Crippen molar-refractivity contribution in [3.05, 3.63) is 29.6 Å². The fraction of sp³-hybridized carbons (Fsp3) is 0. The Kier molecular flexibility index (Phi) is 1.76. The minimum Gasteiger partial charge on any atom is -0.872 e. The first kappa shape index (κ1) is 7.53. The third kappa shape index (κ3) is 1.67. The topological polar surface area (TPSA) is 60.4 Å². The first-order chi connectivity index (χ1) is 5.09. The zero-order valence-corrected chi connectivity index (χ0v) is 5.37. The highest BCUT2D eigenvalue weighted by molar-refractivity contribution is 5.87. The van der Waals surface area contributed by atoms with Gasteiger partial charge in [-0.15, -0.1) is 5.75 Å². The third-order valence-corrected chi connectivity index (χ3v) is 1.12. The minimum absolute atomic E-state index is 0.324. The van der Waals surface area contributed by atoms with Crippen molar-refractivity contribution in [1.82, 2.24) is 0 Å². The number of hydrogen-bond acceptors (Lipinski definition) is 2. The van der Waals surface area contributed by atoms with Crippen LogP contribution in [-0.2, 0) is 0 Å². The number of hydrogen-bond donors (Lipinski definition) is 1. The van der Waals surface area contributed by atoms with Gasteiger partial charge in [0.1, 0.15) is 5.82 Å². The van der Waals surface area contributed by atoms with Gasteiger partial charge in [0.05, 0.1) is 5.56 Å². The Morgan fingerprint density at radius 2 is 2.09 bits per heavy atom. The second-order valence-electron chi connectivity index (χ2n) is 1.98. The molecule has 0 aromatic heterocycles. The summed E-state index contributed by atoms with van der Waals surface area (Å²) in [5.74, 6) is -2.76. The number of carboxylic acids is 1. The van der Waals surface area contributed by atoms with Crippen LogP contribution in [0.2, 0.25) is 0 Å². The maximum absolute atomic E-state index is 12.3. The summed E-state index contributed by atoms with van der Waals surface area (Å²) in [5, 5.41) is 18.8. The second-order valence-corrected chi connectivity index (χ2v) is 1.98. The lowest BCUT2D eigenvalue weighted by atomic mass is 10.2. The maximum atomic E-state index is 12.3. The molecule has 0 heterocycles. The smallest absolute Gasteiger partial charge is 0.335 e. The molecule has 0 saturated carbocycles. The number of carboxylic acid groups (broad SMARTS) is 1. The van der Waals surface area contributed by atoms with Crippen molar-refractivity contribution >= 4 is 5.97 Å². The quantitative estimate of drug-likeness (QED) is 0.645. The van der Waals surface area contributed by atoms with E-state index in [2.05, 4.69) is 0 Å². The Bertz CT molecular complexity index is 275. The Balaban J connectivity index is 3.19. The number of carbonyl (C=O) groups is 1. The van der Waals surface area contributed by atoms with Crippen LogP contribution in [-0.4, -0.2) is 11.1 Å². The zero-order chi connectivity index (χ0) is 8.43. The highest BCUT2D eigenvalue weighted by Gasteiger charge is 2.02. The van der Waals surface area contributed by atoms with E-state index in [1.54, 1.807) is 0 Å². The molecule has 4 heteroatoms. The lowest BCUT2D eigenvalue weighted by molar-refractivity contribution is -0.268. The number of halogens is 1. The van der Waals surface area contributed by atoms with Crippen molar-refractivity contribution in [3.63, 3.8) is 0 Å². The first-order valence-electron chi connectivity index (χ1n) is 2.80.